The first-order valence-electron chi connectivity index (χ1n) is 6.89. The van der Waals surface area contributed by atoms with Gasteiger partial charge in [0.05, 0.1) is 11.1 Å². The van der Waals surface area contributed by atoms with Gasteiger partial charge in [-0.25, -0.2) is 0 Å². The van der Waals surface area contributed by atoms with Crippen molar-refractivity contribution < 1.29 is 4.74 Å². The Kier molecular flexibility index (Phi) is 3.95. The van der Waals surface area contributed by atoms with Gasteiger partial charge in [-0.2, -0.15) is 0 Å². The summed E-state index contributed by atoms with van der Waals surface area (Å²) < 4.78 is 5.77. The molecule has 0 amide bonds. The van der Waals surface area contributed by atoms with E-state index < -0.39 is 0 Å². The molecule has 2 aromatic rings. The molecule has 0 aromatic heterocycles. The molecule has 1 fully saturated rings. The van der Waals surface area contributed by atoms with Crippen LogP contribution in [0, 0.1) is 6.92 Å². The molecule has 0 aliphatic carbocycles. The van der Waals surface area contributed by atoms with Crippen LogP contribution in [0.25, 0.3) is 0 Å². The van der Waals surface area contributed by atoms with Gasteiger partial charge in [-0.05, 0) is 24.6 Å². The van der Waals surface area contributed by atoms with Crippen molar-refractivity contribution in [2.24, 2.45) is 0 Å². The molecule has 2 nitrogen and oxygen atoms in total. The fraction of sp³-hybridized carbons (Fsp3) is 0.294. The predicted octanol–water partition coefficient (Wildman–Crippen LogP) is 3.91. The zero-order valence-corrected chi connectivity index (χ0v) is 12.3. The number of ether oxygens (including phenoxy) is 1. The number of aryl methyl sites for hydroxylation is 1. The lowest BCUT2D eigenvalue weighted by Crippen LogP contribution is -2.11. The van der Waals surface area contributed by atoms with Crippen molar-refractivity contribution >= 4 is 11.6 Å². The third-order valence-electron chi connectivity index (χ3n) is 3.60. The van der Waals surface area contributed by atoms with E-state index in [1.807, 2.05) is 24.3 Å². The quantitative estimate of drug-likeness (QED) is 0.773. The minimum absolute atomic E-state index is 0.507. The summed E-state index contributed by atoms with van der Waals surface area (Å²) in [5.74, 6) is 0.774. The molecule has 0 bridgehead atoms. The minimum Gasteiger partial charge on any atom is -0.490 e. The zero-order valence-electron chi connectivity index (χ0n) is 11.6. The van der Waals surface area contributed by atoms with E-state index in [1.54, 1.807) is 0 Å². The molecule has 2 aromatic carbocycles. The zero-order chi connectivity index (χ0) is 13.9. The van der Waals surface area contributed by atoms with Crippen LogP contribution in [0.15, 0.2) is 48.5 Å². The second-order valence-electron chi connectivity index (χ2n) is 5.31. The van der Waals surface area contributed by atoms with Crippen molar-refractivity contribution in [1.29, 1.82) is 0 Å². The van der Waals surface area contributed by atoms with Crippen molar-refractivity contribution in [3.05, 3.63) is 64.7 Å². The summed E-state index contributed by atoms with van der Waals surface area (Å²) in [4.78, 5) is 2.40. The average Bonchev–Trinajstić information content (AvgIpc) is 3.19. The van der Waals surface area contributed by atoms with Gasteiger partial charge >= 0.3 is 0 Å². The van der Waals surface area contributed by atoms with Gasteiger partial charge < -0.3 is 4.74 Å². The summed E-state index contributed by atoms with van der Waals surface area (Å²) in [6.45, 7) is 4.91. The van der Waals surface area contributed by atoms with Crippen LogP contribution < -0.4 is 4.74 Å². The van der Waals surface area contributed by atoms with Crippen LogP contribution >= 0.6 is 11.6 Å². The van der Waals surface area contributed by atoms with Gasteiger partial charge in [0.25, 0.3) is 0 Å². The average molecular weight is 288 g/mol. The molecular weight excluding hydrogens is 270 g/mol. The topological polar surface area (TPSA) is 12.2 Å². The molecule has 0 spiro atoms. The molecule has 0 N–H and O–H groups in total. The first-order chi connectivity index (χ1) is 9.72. The Morgan fingerprint density at radius 2 is 1.90 bits per heavy atom. The lowest BCUT2D eigenvalue weighted by atomic mass is 10.1. The molecule has 104 valence electrons. The van der Waals surface area contributed by atoms with Crippen molar-refractivity contribution in [2.75, 3.05) is 13.2 Å². The lowest BCUT2D eigenvalue weighted by molar-refractivity contribution is 0.293. The number of hydrogen-bond donors (Lipinski definition) is 0. The summed E-state index contributed by atoms with van der Waals surface area (Å²) in [5, 5.41) is 0.679. The van der Waals surface area contributed by atoms with Gasteiger partial charge in [0.1, 0.15) is 12.4 Å². The summed E-state index contributed by atoms with van der Waals surface area (Å²) in [5.41, 5.74) is 2.66. The van der Waals surface area contributed by atoms with Gasteiger partial charge in [-0.1, -0.05) is 53.6 Å². The molecule has 0 saturated carbocycles. The van der Waals surface area contributed by atoms with Crippen LogP contribution in [0.4, 0.5) is 0 Å². The molecule has 2 atom stereocenters. The van der Waals surface area contributed by atoms with Crippen molar-refractivity contribution in [3.8, 4) is 5.75 Å². The van der Waals surface area contributed by atoms with Crippen molar-refractivity contribution in [3.63, 3.8) is 0 Å². The van der Waals surface area contributed by atoms with Crippen LogP contribution in [-0.2, 0) is 6.54 Å². The largest absolute Gasteiger partial charge is 0.490 e. The standard InChI is InChI=1S/C17H18ClNO/c1-13-6-8-14(9-7-13)10-19-11-15(19)12-20-17-5-3-2-4-16(17)18/h2-9,15H,10-12H2,1H3. The second-order valence-corrected chi connectivity index (χ2v) is 5.72. The normalized spacial score (nSPS) is 20.7. The maximum absolute atomic E-state index is 6.07. The van der Waals surface area contributed by atoms with E-state index in [-0.39, 0.29) is 0 Å². The highest BCUT2D eigenvalue weighted by molar-refractivity contribution is 6.32. The predicted molar refractivity (Wildman–Crippen MR) is 82.3 cm³/mol. The molecule has 3 heteroatoms. The summed E-state index contributed by atoms with van der Waals surface area (Å²) in [7, 11) is 0. The maximum Gasteiger partial charge on any atom is 0.137 e. The van der Waals surface area contributed by atoms with Crippen LogP contribution in [0.3, 0.4) is 0 Å². The van der Waals surface area contributed by atoms with Crippen molar-refractivity contribution in [1.82, 2.24) is 4.90 Å². The second kappa shape index (κ2) is 5.86. The molecule has 3 rings (SSSR count). The maximum atomic E-state index is 6.07. The van der Waals surface area contributed by atoms with E-state index >= 15 is 0 Å². The third-order valence-corrected chi connectivity index (χ3v) is 3.91. The van der Waals surface area contributed by atoms with Crippen molar-refractivity contribution in [2.45, 2.75) is 19.5 Å². The fourth-order valence-corrected chi connectivity index (χ4v) is 2.44. The van der Waals surface area contributed by atoms with E-state index in [1.165, 1.54) is 11.1 Å². The monoisotopic (exact) mass is 287 g/mol. The van der Waals surface area contributed by atoms with Crippen LogP contribution in [0.1, 0.15) is 11.1 Å². The van der Waals surface area contributed by atoms with Crippen LogP contribution in [0.2, 0.25) is 5.02 Å². The molecular formula is C17H18ClNO. The molecule has 2 unspecified atom stereocenters. The van der Waals surface area contributed by atoms with Crippen LogP contribution in [-0.4, -0.2) is 24.1 Å². The van der Waals surface area contributed by atoms with E-state index in [0.29, 0.717) is 17.7 Å². The first kappa shape index (κ1) is 13.5. The van der Waals surface area contributed by atoms with E-state index in [4.69, 9.17) is 16.3 Å². The van der Waals surface area contributed by atoms with Gasteiger partial charge in [0.15, 0.2) is 0 Å². The van der Waals surface area contributed by atoms with E-state index in [2.05, 4.69) is 36.1 Å². The smallest absolute Gasteiger partial charge is 0.137 e. The molecule has 1 saturated heterocycles. The van der Waals surface area contributed by atoms with Gasteiger partial charge in [0.2, 0.25) is 0 Å². The molecule has 1 aliphatic heterocycles. The highest BCUT2D eigenvalue weighted by atomic mass is 35.5. The van der Waals surface area contributed by atoms with E-state index in [9.17, 15) is 0 Å². The molecule has 0 radical (unpaired) electrons. The third kappa shape index (κ3) is 3.33. The molecule has 20 heavy (non-hydrogen) atoms. The van der Waals surface area contributed by atoms with Gasteiger partial charge in [0, 0.05) is 13.1 Å². The highest BCUT2D eigenvalue weighted by Gasteiger charge is 2.34. The Morgan fingerprint density at radius 1 is 1.15 bits per heavy atom. The molecule has 1 aliphatic rings. The Hall–Kier alpha value is -1.51. The lowest BCUT2D eigenvalue weighted by Gasteiger charge is -2.08. The number of nitrogens with zero attached hydrogens (tertiary/aromatic N) is 1. The van der Waals surface area contributed by atoms with Crippen LogP contribution in [0.5, 0.6) is 5.75 Å². The number of para-hydroxylation sites is 1. The number of rotatable bonds is 5. The minimum atomic E-state index is 0.507. The fourth-order valence-electron chi connectivity index (χ4n) is 2.25. The van der Waals surface area contributed by atoms with Gasteiger partial charge in [-0.15, -0.1) is 0 Å². The van der Waals surface area contributed by atoms with Gasteiger partial charge in [-0.3, -0.25) is 4.90 Å². The number of hydrogen-bond acceptors (Lipinski definition) is 2. The van der Waals surface area contributed by atoms with E-state index in [0.717, 1.165) is 18.8 Å². The highest BCUT2D eigenvalue weighted by Crippen LogP contribution is 2.26. The Balaban J connectivity index is 1.48. The number of benzene rings is 2. The Morgan fingerprint density at radius 3 is 2.65 bits per heavy atom. The Bertz CT molecular complexity index is 582. The molecule has 1 heterocycles. The Labute approximate surface area is 124 Å². The summed E-state index contributed by atoms with van der Waals surface area (Å²) in [6.07, 6.45) is 0. The summed E-state index contributed by atoms with van der Waals surface area (Å²) >= 11 is 6.07. The summed E-state index contributed by atoms with van der Waals surface area (Å²) in [6, 6.07) is 16.8. The number of halogens is 1. The first-order valence-corrected chi connectivity index (χ1v) is 7.27. The SMILES string of the molecule is Cc1ccc(CN2CC2COc2ccccc2Cl)cc1.